The average Bonchev–Trinajstić information content (AvgIpc) is 3.00. The number of benzene rings is 1. The van der Waals surface area contributed by atoms with Crippen molar-refractivity contribution in [1.29, 1.82) is 0 Å². The number of fused-ring (bicyclic) bond motifs is 1. The van der Waals surface area contributed by atoms with Gasteiger partial charge in [-0.3, -0.25) is 10.1 Å². The number of hydrogen-bond acceptors (Lipinski definition) is 6. The van der Waals surface area contributed by atoms with E-state index >= 15 is 0 Å². The van der Waals surface area contributed by atoms with Crippen molar-refractivity contribution in [3.63, 3.8) is 0 Å². The standard InChI is InChI=1S/C14H17N3O3S/c1-9-16-10-6-12(11(17(18)19)7-13(10)21-9)20-8-14(15)4-2-3-5-14/h6-7H,2-5,8,15H2,1H3. The Balaban J connectivity index is 1.91. The molecule has 0 amide bonds. The summed E-state index contributed by atoms with van der Waals surface area (Å²) in [6.45, 7) is 2.19. The summed E-state index contributed by atoms with van der Waals surface area (Å²) in [4.78, 5) is 15.2. The van der Waals surface area contributed by atoms with E-state index in [0.29, 0.717) is 6.61 Å². The first kappa shape index (κ1) is 14.2. The van der Waals surface area contributed by atoms with Gasteiger partial charge in [-0.25, -0.2) is 4.98 Å². The maximum Gasteiger partial charge on any atom is 0.312 e. The van der Waals surface area contributed by atoms with Gasteiger partial charge in [0.05, 0.1) is 25.7 Å². The van der Waals surface area contributed by atoms with Gasteiger partial charge in [0, 0.05) is 12.1 Å². The SMILES string of the molecule is Cc1nc2cc(OCC3(N)CCCC3)c([N+](=O)[O-])cc2s1. The van der Waals surface area contributed by atoms with E-state index in [2.05, 4.69) is 4.98 Å². The molecule has 1 aromatic heterocycles. The zero-order chi connectivity index (χ0) is 15.0. The molecule has 0 aliphatic heterocycles. The third kappa shape index (κ3) is 2.84. The van der Waals surface area contributed by atoms with Gasteiger partial charge in [0.25, 0.3) is 0 Å². The van der Waals surface area contributed by atoms with Crippen LogP contribution in [-0.4, -0.2) is 22.1 Å². The van der Waals surface area contributed by atoms with Crippen LogP contribution in [0.4, 0.5) is 5.69 Å². The molecule has 0 spiro atoms. The summed E-state index contributed by atoms with van der Waals surface area (Å²) in [5, 5.41) is 12.1. The molecule has 1 aliphatic carbocycles. The summed E-state index contributed by atoms with van der Waals surface area (Å²) < 4.78 is 6.50. The number of ether oxygens (including phenoxy) is 1. The smallest absolute Gasteiger partial charge is 0.312 e. The Morgan fingerprint density at radius 2 is 2.19 bits per heavy atom. The van der Waals surface area contributed by atoms with Crippen molar-refractivity contribution < 1.29 is 9.66 Å². The molecule has 2 aromatic rings. The first-order valence-electron chi connectivity index (χ1n) is 6.94. The molecule has 0 radical (unpaired) electrons. The maximum atomic E-state index is 11.2. The van der Waals surface area contributed by atoms with E-state index in [-0.39, 0.29) is 17.0 Å². The Morgan fingerprint density at radius 1 is 1.48 bits per heavy atom. The fourth-order valence-electron chi connectivity index (χ4n) is 2.76. The number of thiazole rings is 1. The molecule has 112 valence electrons. The highest BCUT2D eigenvalue weighted by Crippen LogP contribution is 2.36. The van der Waals surface area contributed by atoms with E-state index in [9.17, 15) is 10.1 Å². The van der Waals surface area contributed by atoms with Crippen molar-refractivity contribution >= 4 is 27.2 Å². The number of nitrogens with two attached hydrogens (primary N) is 1. The molecule has 0 bridgehead atoms. The van der Waals surface area contributed by atoms with Crippen molar-refractivity contribution in [2.24, 2.45) is 5.73 Å². The van der Waals surface area contributed by atoms with Gasteiger partial charge in [-0.1, -0.05) is 12.8 Å². The summed E-state index contributed by atoms with van der Waals surface area (Å²) in [5.74, 6) is 0.259. The van der Waals surface area contributed by atoms with Crippen LogP contribution in [-0.2, 0) is 0 Å². The highest BCUT2D eigenvalue weighted by atomic mass is 32.1. The van der Waals surface area contributed by atoms with Crippen molar-refractivity contribution in [3.05, 3.63) is 27.3 Å². The first-order valence-corrected chi connectivity index (χ1v) is 7.76. The van der Waals surface area contributed by atoms with Gasteiger partial charge in [0.1, 0.15) is 6.61 Å². The number of rotatable bonds is 4. The fraction of sp³-hybridized carbons (Fsp3) is 0.500. The van der Waals surface area contributed by atoms with Gasteiger partial charge < -0.3 is 10.5 Å². The summed E-state index contributed by atoms with van der Waals surface area (Å²) >= 11 is 1.44. The van der Waals surface area contributed by atoms with Gasteiger partial charge in [0.15, 0.2) is 5.75 Å². The van der Waals surface area contributed by atoms with Crippen molar-refractivity contribution in [1.82, 2.24) is 4.98 Å². The third-order valence-electron chi connectivity index (χ3n) is 3.89. The maximum absolute atomic E-state index is 11.2. The number of aromatic nitrogens is 1. The second-order valence-corrected chi connectivity index (χ2v) is 6.87. The minimum atomic E-state index is -0.415. The van der Waals surface area contributed by atoms with Crippen LogP contribution in [0.25, 0.3) is 10.2 Å². The molecule has 7 heteroatoms. The van der Waals surface area contributed by atoms with Crippen molar-refractivity contribution in [2.75, 3.05) is 6.61 Å². The van der Waals surface area contributed by atoms with E-state index in [1.165, 1.54) is 17.4 Å². The molecule has 2 N–H and O–H groups in total. The van der Waals surface area contributed by atoms with Crippen LogP contribution >= 0.6 is 11.3 Å². The highest BCUT2D eigenvalue weighted by Gasteiger charge is 2.31. The zero-order valence-electron chi connectivity index (χ0n) is 11.8. The molecule has 0 unspecified atom stereocenters. The predicted octanol–water partition coefficient (Wildman–Crippen LogP) is 3.16. The Bertz CT molecular complexity index is 692. The summed E-state index contributed by atoms with van der Waals surface area (Å²) in [7, 11) is 0. The Morgan fingerprint density at radius 3 is 2.86 bits per heavy atom. The fourth-order valence-corrected chi connectivity index (χ4v) is 3.60. The predicted molar refractivity (Wildman–Crippen MR) is 81.9 cm³/mol. The van der Waals surface area contributed by atoms with E-state index in [0.717, 1.165) is 40.9 Å². The molecule has 0 atom stereocenters. The molecule has 1 aromatic carbocycles. The summed E-state index contributed by atoms with van der Waals surface area (Å²) in [5.41, 5.74) is 6.59. The van der Waals surface area contributed by atoms with Crippen LogP contribution in [0.2, 0.25) is 0 Å². The molecule has 1 saturated carbocycles. The topological polar surface area (TPSA) is 91.3 Å². The molecule has 21 heavy (non-hydrogen) atoms. The van der Waals surface area contributed by atoms with Crippen LogP contribution in [0.15, 0.2) is 12.1 Å². The van der Waals surface area contributed by atoms with Gasteiger partial charge >= 0.3 is 5.69 Å². The molecule has 1 heterocycles. The number of nitro groups is 1. The molecule has 1 fully saturated rings. The number of hydrogen-bond donors (Lipinski definition) is 1. The third-order valence-corrected chi connectivity index (χ3v) is 4.82. The van der Waals surface area contributed by atoms with Gasteiger partial charge in [-0.05, 0) is 19.8 Å². The van der Waals surface area contributed by atoms with Crippen LogP contribution in [0.1, 0.15) is 30.7 Å². The monoisotopic (exact) mass is 307 g/mol. The lowest BCUT2D eigenvalue weighted by Gasteiger charge is -2.23. The van der Waals surface area contributed by atoms with Crippen LogP contribution < -0.4 is 10.5 Å². The normalized spacial score (nSPS) is 17.2. The first-order chi connectivity index (χ1) is 9.97. The Kier molecular flexibility index (Phi) is 3.54. The van der Waals surface area contributed by atoms with Crippen molar-refractivity contribution in [2.45, 2.75) is 38.1 Å². The second-order valence-electron chi connectivity index (χ2n) is 5.64. The quantitative estimate of drug-likeness (QED) is 0.692. The molecular weight excluding hydrogens is 290 g/mol. The van der Waals surface area contributed by atoms with Crippen LogP contribution in [0.5, 0.6) is 5.75 Å². The van der Waals surface area contributed by atoms with Gasteiger partial charge in [-0.15, -0.1) is 11.3 Å². The minimum absolute atomic E-state index is 0.0206. The summed E-state index contributed by atoms with van der Waals surface area (Å²) in [6, 6.07) is 3.18. The molecule has 0 saturated heterocycles. The zero-order valence-corrected chi connectivity index (χ0v) is 12.6. The van der Waals surface area contributed by atoms with Crippen LogP contribution in [0.3, 0.4) is 0 Å². The number of nitro benzene ring substituents is 1. The minimum Gasteiger partial charge on any atom is -0.485 e. The lowest BCUT2D eigenvalue weighted by Crippen LogP contribution is -2.42. The van der Waals surface area contributed by atoms with E-state index in [4.69, 9.17) is 10.5 Å². The molecule has 6 nitrogen and oxygen atoms in total. The Hall–Kier alpha value is -1.73. The molecule has 1 aliphatic rings. The van der Waals surface area contributed by atoms with E-state index in [1.54, 1.807) is 6.07 Å². The van der Waals surface area contributed by atoms with E-state index < -0.39 is 4.92 Å². The van der Waals surface area contributed by atoms with E-state index in [1.807, 2.05) is 6.92 Å². The molecule has 3 rings (SSSR count). The van der Waals surface area contributed by atoms with Gasteiger partial charge in [0.2, 0.25) is 0 Å². The Labute approximate surface area is 126 Å². The van der Waals surface area contributed by atoms with Crippen molar-refractivity contribution in [3.8, 4) is 5.75 Å². The highest BCUT2D eigenvalue weighted by molar-refractivity contribution is 7.18. The molecular formula is C14H17N3O3S. The second kappa shape index (κ2) is 5.23. The lowest BCUT2D eigenvalue weighted by molar-refractivity contribution is -0.385. The lowest BCUT2D eigenvalue weighted by atomic mass is 10.0. The average molecular weight is 307 g/mol. The van der Waals surface area contributed by atoms with Crippen LogP contribution in [0, 0.1) is 17.0 Å². The summed E-state index contributed by atoms with van der Waals surface area (Å²) in [6.07, 6.45) is 3.98. The number of aryl methyl sites for hydroxylation is 1. The van der Waals surface area contributed by atoms with Gasteiger partial charge in [-0.2, -0.15) is 0 Å². The number of nitrogens with zero attached hydrogens (tertiary/aromatic N) is 2. The largest absolute Gasteiger partial charge is 0.485 e.